The van der Waals surface area contributed by atoms with E-state index in [4.69, 9.17) is 4.74 Å². The van der Waals surface area contributed by atoms with Crippen molar-refractivity contribution in [3.05, 3.63) is 54.1 Å². The SMILES string of the molecule is CCCNS(=O)(=O)c1ccc(NC(=O)c2cccc(OC(C)C)c2)cc1. The maximum atomic E-state index is 12.4. The van der Waals surface area contributed by atoms with Crippen LogP contribution in [0, 0.1) is 0 Å². The molecule has 2 aromatic rings. The van der Waals surface area contributed by atoms with E-state index >= 15 is 0 Å². The number of carbonyl (C=O) groups excluding carboxylic acids is 1. The molecule has 0 aliphatic carbocycles. The van der Waals surface area contributed by atoms with E-state index in [0.717, 1.165) is 0 Å². The van der Waals surface area contributed by atoms with Crippen LogP contribution >= 0.6 is 0 Å². The van der Waals surface area contributed by atoms with Crippen LogP contribution in [0.5, 0.6) is 5.75 Å². The van der Waals surface area contributed by atoms with E-state index in [1.165, 1.54) is 12.1 Å². The van der Waals surface area contributed by atoms with Gasteiger partial charge in [0.1, 0.15) is 5.75 Å². The third-order valence-electron chi connectivity index (χ3n) is 3.43. The summed E-state index contributed by atoms with van der Waals surface area (Å²) in [6.07, 6.45) is 0.733. The van der Waals surface area contributed by atoms with Crippen LogP contribution in [0.25, 0.3) is 0 Å². The Kier molecular flexibility index (Phi) is 6.76. The summed E-state index contributed by atoms with van der Waals surface area (Å²) in [5.41, 5.74) is 0.976. The molecule has 0 heterocycles. The molecule has 26 heavy (non-hydrogen) atoms. The standard InChI is InChI=1S/C19H24N2O4S/c1-4-12-20-26(23,24)18-10-8-16(9-11-18)21-19(22)15-6-5-7-17(13-15)25-14(2)3/h5-11,13-14,20H,4,12H2,1-3H3,(H,21,22). The summed E-state index contributed by atoms with van der Waals surface area (Å²) in [6, 6.07) is 13.0. The van der Waals surface area contributed by atoms with Crippen LogP contribution in [0.2, 0.25) is 0 Å². The van der Waals surface area contributed by atoms with Crippen molar-refractivity contribution in [1.29, 1.82) is 0 Å². The zero-order valence-corrected chi connectivity index (χ0v) is 16.0. The number of rotatable bonds is 8. The van der Waals surface area contributed by atoms with Gasteiger partial charge in [-0.25, -0.2) is 13.1 Å². The van der Waals surface area contributed by atoms with E-state index in [2.05, 4.69) is 10.0 Å². The lowest BCUT2D eigenvalue weighted by molar-refractivity contribution is 0.102. The van der Waals surface area contributed by atoms with Gasteiger partial charge in [-0.3, -0.25) is 4.79 Å². The van der Waals surface area contributed by atoms with Gasteiger partial charge in [-0.05, 0) is 62.7 Å². The zero-order valence-electron chi connectivity index (χ0n) is 15.2. The third-order valence-corrected chi connectivity index (χ3v) is 4.91. The highest BCUT2D eigenvalue weighted by Crippen LogP contribution is 2.18. The molecule has 0 aliphatic rings. The molecule has 0 atom stereocenters. The quantitative estimate of drug-likeness (QED) is 0.739. The van der Waals surface area contributed by atoms with Gasteiger partial charge in [-0.1, -0.05) is 13.0 Å². The number of hydrogen-bond acceptors (Lipinski definition) is 4. The van der Waals surface area contributed by atoms with Crippen LogP contribution in [0.1, 0.15) is 37.6 Å². The lowest BCUT2D eigenvalue weighted by atomic mass is 10.2. The van der Waals surface area contributed by atoms with Crippen molar-refractivity contribution in [1.82, 2.24) is 4.72 Å². The van der Waals surface area contributed by atoms with E-state index in [1.54, 1.807) is 36.4 Å². The smallest absolute Gasteiger partial charge is 0.255 e. The molecule has 0 saturated carbocycles. The van der Waals surface area contributed by atoms with Crippen LogP contribution in [0.4, 0.5) is 5.69 Å². The topological polar surface area (TPSA) is 84.5 Å². The van der Waals surface area contributed by atoms with Gasteiger partial charge < -0.3 is 10.1 Å². The first kappa shape index (κ1) is 19.9. The first-order valence-electron chi connectivity index (χ1n) is 8.49. The average molecular weight is 376 g/mol. The fourth-order valence-electron chi connectivity index (χ4n) is 2.22. The lowest BCUT2D eigenvalue weighted by Gasteiger charge is -2.11. The zero-order chi connectivity index (χ0) is 19.2. The first-order valence-corrected chi connectivity index (χ1v) is 9.98. The molecule has 1 amide bonds. The fourth-order valence-corrected chi connectivity index (χ4v) is 3.36. The van der Waals surface area contributed by atoms with Crippen molar-refractivity contribution in [2.24, 2.45) is 0 Å². The van der Waals surface area contributed by atoms with Gasteiger partial charge >= 0.3 is 0 Å². The minimum atomic E-state index is -3.52. The number of nitrogens with one attached hydrogen (secondary N) is 2. The molecule has 7 heteroatoms. The van der Waals surface area contributed by atoms with Gasteiger partial charge in [0.25, 0.3) is 5.91 Å². The molecule has 2 rings (SSSR count). The molecule has 0 aromatic heterocycles. The monoisotopic (exact) mass is 376 g/mol. The average Bonchev–Trinajstić information content (AvgIpc) is 2.60. The van der Waals surface area contributed by atoms with E-state index < -0.39 is 10.0 Å². The molecule has 0 radical (unpaired) electrons. The lowest BCUT2D eigenvalue weighted by Crippen LogP contribution is -2.24. The number of carbonyl (C=O) groups is 1. The van der Waals surface area contributed by atoms with Gasteiger partial charge in [-0.15, -0.1) is 0 Å². The number of sulfonamides is 1. The molecule has 0 unspecified atom stereocenters. The molecular formula is C19H24N2O4S. The molecule has 140 valence electrons. The summed E-state index contributed by atoms with van der Waals surface area (Å²) in [5, 5.41) is 2.75. The van der Waals surface area contributed by atoms with Gasteiger partial charge in [0.2, 0.25) is 10.0 Å². The second-order valence-corrected chi connectivity index (χ2v) is 7.84. The normalized spacial score (nSPS) is 11.4. The number of amides is 1. The molecule has 0 fully saturated rings. The van der Waals surface area contributed by atoms with Crippen LogP contribution < -0.4 is 14.8 Å². The Labute approximate surface area is 154 Å². The number of benzene rings is 2. The Morgan fingerprint density at radius 3 is 2.42 bits per heavy atom. The summed E-state index contributed by atoms with van der Waals surface area (Å²) in [6.45, 7) is 6.10. The fraction of sp³-hybridized carbons (Fsp3) is 0.316. The second kappa shape index (κ2) is 8.82. The van der Waals surface area contributed by atoms with Crippen molar-refractivity contribution >= 4 is 21.6 Å². The Morgan fingerprint density at radius 1 is 1.12 bits per heavy atom. The second-order valence-electron chi connectivity index (χ2n) is 6.07. The van der Waals surface area contributed by atoms with E-state index in [0.29, 0.717) is 30.0 Å². The predicted molar refractivity (Wildman–Crippen MR) is 102 cm³/mol. The minimum absolute atomic E-state index is 0.0177. The first-order chi connectivity index (χ1) is 12.3. The van der Waals surface area contributed by atoms with E-state index in [-0.39, 0.29) is 16.9 Å². The van der Waals surface area contributed by atoms with Gasteiger partial charge in [0.15, 0.2) is 0 Å². The molecule has 6 nitrogen and oxygen atoms in total. The van der Waals surface area contributed by atoms with Gasteiger partial charge in [0.05, 0.1) is 11.0 Å². The summed E-state index contributed by atoms with van der Waals surface area (Å²) in [5.74, 6) is 0.329. The van der Waals surface area contributed by atoms with E-state index in [9.17, 15) is 13.2 Å². The van der Waals surface area contributed by atoms with E-state index in [1.807, 2.05) is 20.8 Å². The van der Waals surface area contributed by atoms with Gasteiger partial charge in [-0.2, -0.15) is 0 Å². The van der Waals surface area contributed by atoms with Crippen molar-refractivity contribution in [3.63, 3.8) is 0 Å². The maximum absolute atomic E-state index is 12.4. The summed E-state index contributed by atoms with van der Waals surface area (Å²) >= 11 is 0. The highest BCUT2D eigenvalue weighted by molar-refractivity contribution is 7.89. The van der Waals surface area contributed by atoms with Crippen LogP contribution in [0.3, 0.4) is 0 Å². The Hall–Kier alpha value is -2.38. The number of hydrogen-bond donors (Lipinski definition) is 2. The molecule has 2 aromatic carbocycles. The summed E-state index contributed by atoms with van der Waals surface area (Å²) < 4.78 is 32.2. The molecule has 2 N–H and O–H groups in total. The molecular weight excluding hydrogens is 352 g/mol. The molecule has 0 bridgehead atoms. The van der Waals surface area contributed by atoms with Crippen LogP contribution in [-0.2, 0) is 10.0 Å². The Morgan fingerprint density at radius 2 is 1.81 bits per heavy atom. The maximum Gasteiger partial charge on any atom is 0.255 e. The predicted octanol–water partition coefficient (Wildman–Crippen LogP) is 3.41. The highest BCUT2D eigenvalue weighted by Gasteiger charge is 2.13. The number of anilines is 1. The third kappa shape index (κ3) is 5.57. The van der Waals surface area contributed by atoms with Crippen LogP contribution in [0.15, 0.2) is 53.4 Å². The van der Waals surface area contributed by atoms with Gasteiger partial charge in [0, 0.05) is 17.8 Å². The minimum Gasteiger partial charge on any atom is -0.491 e. The molecule has 0 saturated heterocycles. The molecule has 0 spiro atoms. The van der Waals surface area contributed by atoms with Crippen molar-refractivity contribution in [2.75, 3.05) is 11.9 Å². The Bertz CT molecular complexity index is 846. The van der Waals surface area contributed by atoms with Crippen molar-refractivity contribution < 1.29 is 17.9 Å². The molecule has 0 aliphatic heterocycles. The number of ether oxygens (including phenoxy) is 1. The summed E-state index contributed by atoms with van der Waals surface area (Å²) in [7, 11) is -3.52. The Balaban J connectivity index is 2.08. The van der Waals surface area contributed by atoms with Crippen molar-refractivity contribution in [3.8, 4) is 5.75 Å². The largest absolute Gasteiger partial charge is 0.491 e. The highest BCUT2D eigenvalue weighted by atomic mass is 32.2. The van der Waals surface area contributed by atoms with Crippen molar-refractivity contribution in [2.45, 2.75) is 38.2 Å². The van der Waals surface area contributed by atoms with Crippen LogP contribution in [-0.4, -0.2) is 27.0 Å². The summed E-state index contributed by atoms with van der Waals surface area (Å²) in [4.78, 5) is 12.5.